The second-order valence-corrected chi connectivity index (χ2v) is 17.3. The molecule has 0 bridgehead atoms. The van der Waals surface area contributed by atoms with Gasteiger partial charge in [-0.1, -0.05) is 0 Å². The Kier molecular flexibility index (Phi) is 13.1. The molecule has 0 aromatic carbocycles. The quantitative estimate of drug-likeness (QED) is 0.383. The van der Waals surface area contributed by atoms with Crippen molar-refractivity contribution in [2.75, 3.05) is 13.2 Å². The van der Waals surface area contributed by atoms with Gasteiger partial charge in [-0.2, -0.15) is 0 Å². The van der Waals surface area contributed by atoms with E-state index in [4.69, 9.17) is 7.56 Å². The summed E-state index contributed by atoms with van der Waals surface area (Å²) in [5.74, 6) is 1.48. The van der Waals surface area contributed by atoms with Gasteiger partial charge in [0.2, 0.25) is 0 Å². The summed E-state index contributed by atoms with van der Waals surface area (Å²) >= 11 is -2.59. The van der Waals surface area contributed by atoms with E-state index in [2.05, 4.69) is 27.7 Å². The van der Waals surface area contributed by atoms with Crippen molar-refractivity contribution in [3.63, 3.8) is 0 Å². The minimum atomic E-state index is -1.30. The van der Waals surface area contributed by atoms with Crippen LogP contribution in [-0.2, 0) is 7.56 Å². The number of rotatable bonds is 10. The van der Waals surface area contributed by atoms with Gasteiger partial charge in [0.25, 0.3) is 0 Å². The van der Waals surface area contributed by atoms with Crippen LogP contribution >= 0.6 is 0 Å². The zero-order chi connectivity index (χ0) is 11.5. The number of hydrogen-bond donors (Lipinski definition) is 0. The fourth-order valence-electron chi connectivity index (χ4n) is 0.908. The molecule has 0 amide bonds. The Labute approximate surface area is 116 Å². The Bertz CT molecular complexity index is 118. The summed E-state index contributed by atoms with van der Waals surface area (Å²) in [6, 6.07) is 0. The molecular formula is C10H26O3Sn2. The molecule has 0 unspecified atom stereocenters. The standard InChI is InChI=1S/2C5H11O.O.2Sn.4H/c2*1-5(2)3-4-6;;;;;;;/h2*5H,3-4H2,1-2H3;;;;;;;/q2*-1;;2*+1;;;;. The number of hydrogen-bond acceptors (Lipinski definition) is 3. The first-order chi connectivity index (χ1) is 7.13. The molecule has 0 atom stereocenters. The Balaban J connectivity index is 2.93. The van der Waals surface area contributed by atoms with Crippen LogP contribution in [0.3, 0.4) is 0 Å². The molecule has 3 nitrogen and oxygen atoms in total. The van der Waals surface area contributed by atoms with Crippen molar-refractivity contribution >= 4 is 43.9 Å². The zero-order valence-corrected chi connectivity index (χ0v) is 18.7. The summed E-state index contributed by atoms with van der Waals surface area (Å²) in [5, 5.41) is 0. The van der Waals surface area contributed by atoms with E-state index in [0.29, 0.717) is 0 Å². The summed E-state index contributed by atoms with van der Waals surface area (Å²) < 4.78 is 16.6. The van der Waals surface area contributed by atoms with Crippen LogP contribution in [0, 0.1) is 11.8 Å². The molecule has 5 heteroatoms. The first-order valence-corrected chi connectivity index (χ1v) is 12.4. The van der Waals surface area contributed by atoms with Crippen LogP contribution in [0.5, 0.6) is 0 Å². The van der Waals surface area contributed by atoms with E-state index >= 15 is 0 Å². The Morgan fingerprint density at radius 3 is 1.53 bits per heavy atom. The molecule has 0 heterocycles. The van der Waals surface area contributed by atoms with Gasteiger partial charge >= 0.3 is 117 Å². The topological polar surface area (TPSA) is 27.7 Å². The van der Waals surface area contributed by atoms with Crippen LogP contribution < -0.4 is 0 Å². The summed E-state index contributed by atoms with van der Waals surface area (Å²) in [7, 11) is 0. The van der Waals surface area contributed by atoms with Crippen molar-refractivity contribution in [2.45, 2.75) is 40.5 Å². The molecule has 0 spiro atoms. The molecule has 15 heavy (non-hydrogen) atoms. The molecule has 0 aliphatic rings. The fraction of sp³-hybridized carbons (Fsp3) is 1.00. The Hall–Kier alpha value is 1.48. The van der Waals surface area contributed by atoms with Gasteiger partial charge in [0.1, 0.15) is 0 Å². The summed E-state index contributed by atoms with van der Waals surface area (Å²) in [6.07, 6.45) is 2.31. The maximum atomic E-state index is 5.57. The minimum absolute atomic E-state index is 0.738. The molecular weight excluding hydrogens is 406 g/mol. The van der Waals surface area contributed by atoms with E-state index < -0.39 is 43.9 Å². The molecule has 0 saturated carbocycles. The van der Waals surface area contributed by atoms with Crippen molar-refractivity contribution in [1.29, 1.82) is 0 Å². The molecule has 0 aromatic rings. The van der Waals surface area contributed by atoms with Gasteiger partial charge in [0.05, 0.1) is 0 Å². The maximum absolute atomic E-state index is 5.57. The van der Waals surface area contributed by atoms with Crippen LogP contribution in [0.15, 0.2) is 0 Å². The van der Waals surface area contributed by atoms with Crippen molar-refractivity contribution < 1.29 is 7.56 Å². The zero-order valence-electron chi connectivity index (χ0n) is 10.6. The first-order valence-electron chi connectivity index (χ1n) is 5.86. The second kappa shape index (κ2) is 11.9. The van der Waals surface area contributed by atoms with Gasteiger partial charge in [-0.15, -0.1) is 0 Å². The first kappa shape index (κ1) is 16.5. The summed E-state index contributed by atoms with van der Waals surface area (Å²) in [6.45, 7) is 10.7. The van der Waals surface area contributed by atoms with Gasteiger partial charge in [0.15, 0.2) is 0 Å². The Morgan fingerprint density at radius 2 is 1.20 bits per heavy atom. The Morgan fingerprint density at radius 1 is 0.800 bits per heavy atom. The van der Waals surface area contributed by atoms with E-state index in [1.807, 2.05) is 0 Å². The monoisotopic (exact) mass is 434 g/mol. The third-order valence-electron chi connectivity index (χ3n) is 2.01. The third-order valence-corrected chi connectivity index (χ3v) is 11.9. The van der Waals surface area contributed by atoms with E-state index in [0.717, 1.165) is 37.9 Å². The molecule has 0 aromatic heterocycles. The normalized spacial score (nSPS) is 13.2. The molecule has 0 radical (unpaired) electrons. The van der Waals surface area contributed by atoms with Crippen LogP contribution in [0.4, 0.5) is 0 Å². The van der Waals surface area contributed by atoms with Crippen molar-refractivity contribution in [3.8, 4) is 0 Å². The molecule has 0 aliphatic heterocycles. The van der Waals surface area contributed by atoms with E-state index in [1.54, 1.807) is 0 Å². The molecule has 92 valence electrons. The van der Waals surface area contributed by atoms with E-state index in [1.165, 1.54) is 0 Å². The van der Waals surface area contributed by atoms with E-state index in [9.17, 15) is 0 Å². The predicted molar refractivity (Wildman–Crippen MR) is 69.0 cm³/mol. The van der Waals surface area contributed by atoms with Gasteiger partial charge in [-0.05, 0) is 0 Å². The van der Waals surface area contributed by atoms with Crippen molar-refractivity contribution in [1.82, 2.24) is 0 Å². The van der Waals surface area contributed by atoms with Gasteiger partial charge in [-0.25, -0.2) is 0 Å². The van der Waals surface area contributed by atoms with Crippen molar-refractivity contribution in [3.05, 3.63) is 0 Å². The molecule has 0 aliphatic carbocycles. The third kappa shape index (κ3) is 15.5. The van der Waals surface area contributed by atoms with Gasteiger partial charge in [0, 0.05) is 0 Å². The van der Waals surface area contributed by atoms with E-state index in [-0.39, 0.29) is 0 Å². The van der Waals surface area contributed by atoms with Crippen LogP contribution in [0.2, 0.25) is 0 Å². The molecule has 0 N–H and O–H groups in total. The average Bonchev–Trinajstić information content (AvgIpc) is 2.14. The summed E-state index contributed by atoms with van der Waals surface area (Å²) in [4.78, 5) is 0. The van der Waals surface area contributed by atoms with Gasteiger partial charge in [-0.3, -0.25) is 0 Å². The van der Waals surface area contributed by atoms with Crippen LogP contribution in [0.25, 0.3) is 0 Å². The van der Waals surface area contributed by atoms with Gasteiger partial charge < -0.3 is 0 Å². The summed E-state index contributed by atoms with van der Waals surface area (Å²) in [5.41, 5.74) is 0. The SMILES string of the molecule is CC(C)CC[O][SnH2][O][SnH2][O]CCC(C)C. The predicted octanol–water partition coefficient (Wildman–Crippen LogP) is 1.13. The van der Waals surface area contributed by atoms with Crippen molar-refractivity contribution in [2.24, 2.45) is 11.8 Å². The molecule has 0 saturated heterocycles. The molecule has 0 fully saturated rings. The van der Waals surface area contributed by atoms with Crippen LogP contribution in [-0.4, -0.2) is 57.2 Å². The second-order valence-electron chi connectivity index (χ2n) is 4.62. The fourth-order valence-corrected chi connectivity index (χ4v) is 9.21. The van der Waals surface area contributed by atoms with Crippen LogP contribution in [0.1, 0.15) is 40.5 Å². The average molecular weight is 432 g/mol. The molecule has 0 rings (SSSR count).